The van der Waals surface area contributed by atoms with Crippen LogP contribution >= 0.6 is 0 Å². The maximum Gasteiger partial charge on any atom is 0.311 e. The van der Waals surface area contributed by atoms with Gasteiger partial charge in [-0.15, -0.1) is 0 Å². The summed E-state index contributed by atoms with van der Waals surface area (Å²) < 4.78 is 5.09. The average molecular weight is 293 g/mol. The Hall–Kier alpha value is -2.31. The molecule has 1 aliphatic rings. The Morgan fingerprint density at radius 2 is 2.14 bits per heavy atom. The van der Waals surface area contributed by atoms with Crippen LogP contribution < -0.4 is 9.64 Å². The number of carbonyl (C=O) groups excluding carboxylic acids is 1. The van der Waals surface area contributed by atoms with Crippen LogP contribution in [0.1, 0.15) is 13.8 Å². The molecule has 2 rings (SSSR count). The summed E-state index contributed by atoms with van der Waals surface area (Å²) in [5.74, 6) is 0.322. The van der Waals surface area contributed by atoms with Crippen LogP contribution in [-0.4, -0.2) is 48.5 Å². The van der Waals surface area contributed by atoms with Gasteiger partial charge in [-0.3, -0.25) is 14.9 Å². The van der Waals surface area contributed by atoms with Crippen LogP contribution in [0.3, 0.4) is 0 Å². The first-order valence-electron chi connectivity index (χ1n) is 6.78. The summed E-state index contributed by atoms with van der Waals surface area (Å²) in [5.41, 5.74) is 0.823. The van der Waals surface area contributed by atoms with E-state index in [1.54, 1.807) is 19.1 Å². The molecule has 1 aliphatic heterocycles. The Morgan fingerprint density at radius 3 is 2.67 bits per heavy atom. The number of rotatable bonds is 3. The molecule has 114 valence electrons. The molecule has 0 aromatic heterocycles. The van der Waals surface area contributed by atoms with Crippen LogP contribution in [0.15, 0.2) is 18.2 Å². The summed E-state index contributed by atoms with van der Waals surface area (Å²) >= 11 is 0. The summed E-state index contributed by atoms with van der Waals surface area (Å²) in [5, 5.41) is 10.9. The highest BCUT2D eigenvalue weighted by atomic mass is 16.6. The van der Waals surface area contributed by atoms with Gasteiger partial charge in [0, 0.05) is 50.4 Å². The molecular formula is C14H19N3O4. The molecule has 0 aliphatic carbocycles. The van der Waals surface area contributed by atoms with Crippen molar-refractivity contribution in [3.63, 3.8) is 0 Å². The van der Waals surface area contributed by atoms with Gasteiger partial charge in [-0.25, -0.2) is 0 Å². The molecular weight excluding hydrogens is 274 g/mol. The van der Waals surface area contributed by atoms with E-state index in [-0.39, 0.29) is 23.4 Å². The molecule has 7 nitrogen and oxygen atoms in total. The lowest BCUT2D eigenvalue weighted by atomic mass is 10.1. The zero-order valence-corrected chi connectivity index (χ0v) is 12.4. The van der Waals surface area contributed by atoms with Crippen LogP contribution in [0.25, 0.3) is 0 Å². The Morgan fingerprint density at radius 1 is 1.43 bits per heavy atom. The largest absolute Gasteiger partial charge is 0.490 e. The fourth-order valence-corrected chi connectivity index (χ4v) is 2.67. The highest BCUT2D eigenvalue weighted by molar-refractivity contribution is 5.74. The Labute approximate surface area is 123 Å². The van der Waals surface area contributed by atoms with Crippen molar-refractivity contribution in [3.05, 3.63) is 28.3 Å². The third-order valence-electron chi connectivity index (χ3n) is 3.76. The monoisotopic (exact) mass is 293 g/mol. The van der Waals surface area contributed by atoms with E-state index in [0.717, 1.165) is 5.69 Å². The lowest BCUT2D eigenvalue weighted by molar-refractivity contribution is -0.385. The zero-order valence-electron chi connectivity index (χ0n) is 12.4. The summed E-state index contributed by atoms with van der Waals surface area (Å²) in [4.78, 5) is 25.9. The molecule has 0 saturated carbocycles. The summed E-state index contributed by atoms with van der Waals surface area (Å²) in [6, 6.07) is 4.96. The minimum Gasteiger partial charge on any atom is -0.490 e. The minimum atomic E-state index is -0.459. The van der Waals surface area contributed by atoms with E-state index in [2.05, 4.69) is 4.90 Å². The molecule has 0 radical (unpaired) electrons. The zero-order chi connectivity index (χ0) is 15.6. The van der Waals surface area contributed by atoms with Gasteiger partial charge < -0.3 is 14.5 Å². The third-order valence-corrected chi connectivity index (χ3v) is 3.76. The van der Waals surface area contributed by atoms with E-state index >= 15 is 0 Å². The summed E-state index contributed by atoms with van der Waals surface area (Å²) in [7, 11) is 1.42. The number of methoxy groups -OCH3 is 1. The van der Waals surface area contributed by atoms with Gasteiger partial charge in [-0.2, -0.15) is 0 Å². The van der Waals surface area contributed by atoms with E-state index in [9.17, 15) is 14.9 Å². The molecule has 21 heavy (non-hydrogen) atoms. The molecule has 0 N–H and O–H groups in total. The highest BCUT2D eigenvalue weighted by Crippen LogP contribution is 2.32. The highest BCUT2D eigenvalue weighted by Gasteiger charge is 2.26. The van der Waals surface area contributed by atoms with Crippen LogP contribution in [0, 0.1) is 10.1 Å². The molecule has 1 heterocycles. The van der Waals surface area contributed by atoms with Crippen molar-refractivity contribution in [2.75, 3.05) is 31.6 Å². The first kappa shape index (κ1) is 15.1. The van der Waals surface area contributed by atoms with Gasteiger partial charge in [0.1, 0.15) is 0 Å². The van der Waals surface area contributed by atoms with Crippen LogP contribution in [0.5, 0.6) is 5.75 Å². The molecule has 1 fully saturated rings. The first-order valence-corrected chi connectivity index (χ1v) is 6.78. The molecule has 7 heteroatoms. The van der Waals surface area contributed by atoms with Gasteiger partial charge in [0.25, 0.3) is 0 Å². The van der Waals surface area contributed by atoms with Crippen molar-refractivity contribution in [3.8, 4) is 5.75 Å². The van der Waals surface area contributed by atoms with Crippen LogP contribution in [0.2, 0.25) is 0 Å². The van der Waals surface area contributed by atoms with E-state index in [4.69, 9.17) is 4.74 Å². The number of anilines is 1. The third kappa shape index (κ3) is 3.07. The molecule has 1 aromatic rings. The molecule has 1 atom stereocenters. The fraction of sp³-hybridized carbons (Fsp3) is 0.500. The quantitative estimate of drug-likeness (QED) is 0.626. The average Bonchev–Trinajstić information content (AvgIpc) is 2.45. The van der Waals surface area contributed by atoms with E-state index in [1.165, 1.54) is 13.2 Å². The van der Waals surface area contributed by atoms with Crippen molar-refractivity contribution in [2.45, 2.75) is 19.9 Å². The van der Waals surface area contributed by atoms with Gasteiger partial charge >= 0.3 is 5.69 Å². The molecule has 1 saturated heterocycles. The fourth-order valence-electron chi connectivity index (χ4n) is 2.67. The summed E-state index contributed by atoms with van der Waals surface area (Å²) in [6.07, 6.45) is 0. The van der Waals surface area contributed by atoms with Crippen LogP contribution in [-0.2, 0) is 4.79 Å². The van der Waals surface area contributed by atoms with Crippen molar-refractivity contribution >= 4 is 17.3 Å². The number of benzene rings is 1. The van der Waals surface area contributed by atoms with Gasteiger partial charge in [0.05, 0.1) is 12.0 Å². The normalized spacial score (nSPS) is 18.5. The lowest BCUT2D eigenvalue weighted by Gasteiger charge is -2.40. The number of nitro groups is 1. The number of hydrogen-bond donors (Lipinski definition) is 0. The topological polar surface area (TPSA) is 75.9 Å². The number of nitrogens with zero attached hydrogens (tertiary/aromatic N) is 3. The van der Waals surface area contributed by atoms with Gasteiger partial charge in [-0.1, -0.05) is 0 Å². The second-order valence-corrected chi connectivity index (χ2v) is 5.12. The number of carbonyl (C=O) groups is 1. The standard InChI is InChI=1S/C14H19N3O4/c1-10-9-15(6-7-16(10)11(2)18)12-4-5-13(17(19)20)14(8-12)21-3/h4-5,8,10H,6-7,9H2,1-3H3. The molecule has 1 aromatic carbocycles. The number of piperazine rings is 1. The predicted octanol–water partition coefficient (Wildman–Crippen LogP) is 1.66. The SMILES string of the molecule is COc1cc(N2CCN(C(C)=O)C(C)C2)ccc1[N+](=O)[O-]. The maximum atomic E-state index is 11.5. The van der Waals surface area contributed by atoms with E-state index in [0.29, 0.717) is 19.6 Å². The van der Waals surface area contributed by atoms with Crippen molar-refractivity contribution in [1.29, 1.82) is 0 Å². The van der Waals surface area contributed by atoms with Crippen molar-refractivity contribution in [1.82, 2.24) is 4.90 Å². The van der Waals surface area contributed by atoms with Gasteiger partial charge in [-0.05, 0) is 13.0 Å². The van der Waals surface area contributed by atoms with Crippen LogP contribution in [0.4, 0.5) is 11.4 Å². The summed E-state index contributed by atoms with van der Waals surface area (Å²) in [6.45, 7) is 5.61. The Balaban J connectivity index is 2.20. The number of ether oxygens (including phenoxy) is 1. The molecule has 1 unspecified atom stereocenters. The molecule has 0 spiro atoms. The number of hydrogen-bond acceptors (Lipinski definition) is 5. The van der Waals surface area contributed by atoms with Crippen molar-refractivity contribution < 1.29 is 14.5 Å². The Bertz CT molecular complexity index is 561. The molecule has 0 bridgehead atoms. The van der Waals surface area contributed by atoms with E-state index < -0.39 is 4.92 Å². The second-order valence-electron chi connectivity index (χ2n) is 5.12. The van der Waals surface area contributed by atoms with E-state index in [1.807, 2.05) is 11.8 Å². The predicted molar refractivity (Wildman–Crippen MR) is 78.7 cm³/mol. The minimum absolute atomic E-state index is 0.0447. The lowest BCUT2D eigenvalue weighted by Crippen LogP contribution is -2.53. The number of amides is 1. The molecule has 1 amide bonds. The van der Waals surface area contributed by atoms with Crippen molar-refractivity contribution in [2.24, 2.45) is 0 Å². The first-order chi connectivity index (χ1) is 9.93. The maximum absolute atomic E-state index is 11.5. The Kier molecular flexibility index (Phi) is 4.30. The smallest absolute Gasteiger partial charge is 0.311 e. The second kappa shape index (κ2) is 5.99. The van der Waals surface area contributed by atoms with Gasteiger partial charge in [0.15, 0.2) is 5.75 Å². The van der Waals surface area contributed by atoms with Gasteiger partial charge in [0.2, 0.25) is 5.91 Å². The number of nitro benzene ring substituents is 1.